The lowest BCUT2D eigenvalue weighted by Gasteiger charge is -2.17. The van der Waals surface area contributed by atoms with Gasteiger partial charge in [-0.3, -0.25) is 4.68 Å². The highest BCUT2D eigenvalue weighted by atomic mass is 16.5. The topological polar surface area (TPSA) is 82.8 Å². The number of rotatable bonds is 4. The first-order valence-electron chi connectivity index (χ1n) is 7.63. The van der Waals surface area contributed by atoms with Crippen LogP contribution in [0.2, 0.25) is 0 Å². The molecule has 1 atom stereocenters. The third-order valence-corrected chi connectivity index (χ3v) is 4.34. The van der Waals surface area contributed by atoms with Gasteiger partial charge in [-0.25, -0.2) is 0 Å². The smallest absolute Gasteiger partial charge is 0.228 e. The molecule has 1 fully saturated rings. The van der Waals surface area contributed by atoms with Gasteiger partial charge in [0, 0.05) is 12.1 Å². The molecule has 2 heterocycles. The van der Waals surface area contributed by atoms with Gasteiger partial charge in [0.05, 0.1) is 17.3 Å². The minimum Gasteiger partial charge on any atom is -0.339 e. The van der Waals surface area contributed by atoms with E-state index in [9.17, 15) is 0 Å². The molecule has 2 aromatic heterocycles. The Morgan fingerprint density at radius 1 is 1.38 bits per heavy atom. The Labute approximate surface area is 124 Å². The van der Waals surface area contributed by atoms with Gasteiger partial charge in [0.1, 0.15) is 0 Å². The van der Waals surface area contributed by atoms with Crippen LogP contribution in [0.5, 0.6) is 0 Å². The molecular weight excluding hydrogens is 266 g/mol. The lowest BCUT2D eigenvalue weighted by molar-refractivity contribution is 0.331. The van der Waals surface area contributed by atoms with E-state index in [4.69, 9.17) is 10.3 Å². The molecular formula is C15H23N5O. The fourth-order valence-corrected chi connectivity index (χ4v) is 3.20. The second kappa shape index (κ2) is 5.26. The molecule has 1 aliphatic carbocycles. The lowest BCUT2D eigenvalue weighted by atomic mass is 9.99. The Kier molecular flexibility index (Phi) is 3.57. The van der Waals surface area contributed by atoms with Crippen molar-refractivity contribution in [2.45, 2.75) is 64.5 Å². The van der Waals surface area contributed by atoms with Crippen LogP contribution in [0.4, 0.5) is 0 Å². The van der Waals surface area contributed by atoms with Crippen molar-refractivity contribution >= 4 is 0 Å². The maximum Gasteiger partial charge on any atom is 0.228 e. The predicted octanol–water partition coefficient (Wildman–Crippen LogP) is 2.41. The van der Waals surface area contributed by atoms with E-state index < -0.39 is 0 Å². The molecule has 3 rings (SSSR count). The van der Waals surface area contributed by atoms with Crippen molar-refractivity contribution in [1.29, 1.82) is 0 Å². The molecule has 0 aromatic carbocycles. The van der Waals surface area contributed by atoms with Gasteiger partial charge in [0.25, 0.3) is 0 Å². The molecule has 0 radical (unpaired) electrons. The minimum absolute atomic E-state index is 0.185. The van der Waals surface area contributed by atoms with Gasteiger partial charge in [-0.15, -0.1) is 0 Å². The fourth-order valence-electron chi connectivity index (χ4n) is 3.20. The van der Waals surface area contributed by atoms with E-state index in [1.165, 1.54) is 0 Å². The molecule has 21 heavy (non-hydrogen) atoms. The standard InChI is InChI=1S/C15H23N5O/c1-10-8-11(2)20(18-10)12(3)9-13-17-14(19-21-13)15(16)6-4-5-7-15/h8,12H,4-7,9,16H2,1-3H3. The van der Waals surface area contributed by atoms with Crippen LogP contribution in [0.3, 0.4) is 0 Å². The van der Waals surface area contributed by atoms with E-state index in [-0.39, 0.29) is 11.6 Å². The second-order valence-corrected chi connectivity index (χ2v) is 6.30. The molecule has 114 valence electrons. The molecule has 2 N–H and O–H groups in total. The van der Waals surface area contributed by atoms with Crippen LogP contribution in [0.15, 0.2) is 10.6 Å². The summed E-state index contributed by atoms with van der Waals surface area (Å²) in [5.74, 6) is 1.30. The Morgan fingerprint density at radius 2 is 2.10 bits per heavy atom. The monoisotopic (exact) mass is 289 g/mol. The number of aryl methyl sites for hydroxylation is 2. The summed E-state index contributed by atoms with van der Waals surface area (Å²) in [6.07, 6.45) is 4.84. The van der Waals surface area contributed by atoms with Gasteiger partial charge in [-0.2, -0.15) is 10.1 Å². The highest BCUT2D eigenvalue weighted by Gasteiger charge is 2.36. The third-order valence-electron chi connectivity index (χ3n) is 4.34. The first kappa shape index (κ1) is 14.3. The number of nitrogens with zero attached hydrogens (tertiary/aromatic N) is 4. The van der Waals surface area contributed by atoms with Gasteiger partial charge < -0.3 is 10.3 Å². The van der Waals surface area contributed by atoms with Gasteiger partial charge in [0.2, 0.25) is 5.89 Å². The average Bonchev–Trinajstić information content (AvgIpc) is 3.11. The zero-order chi connectivity index (χ0) is 15.0. The normalized spacial score (nSPS) is 19.0. The van der Waals surface area contributed by atoms with Crippen molar-refractivity contribution < 1.29 is 4.52 Å². The summed E-state index contributed by atoms with van der Waals surface area (Å²) in [6.45, 7) is 6.17. The van der Waals surface area contributed by atoms with Crippen LogP contribution in [0, 0.1) is 13.8 Å². The molecule has 0 spiro atoms. The van der Waals surface area contributed by atoms with E-state index in [0.717, 1.165) is 37.1 Å². The minimum atomic E-state index is -0.386. The molecule has 6 nitrogen and oxygen atoms in total. The van der Waals surface area contributed by atoms with Crippen LogP contribution in [0.25, 0.3) is 0 Å². The molecule has 1 saturated carbocycles. The Hall–Kier alpha value is -1.69. The fraction of sp³-hybridized carbons (Fsp3) is 0.667. The molecule has 1 unspecified atom stereocenters. The van der Waals surface area contributed by atoms with Crippen LogP contribution < -0.4 is 5.73 Å². The summed E-state index contributed by atoms with van der Waals surface area (Å²) in [5.41, 5.74) is 8.14. The van der Waals surface area contributed by atoms with E-state index in [0.29, 0.717) is 18.1 Å². The van der Waals surface area contributed by atoms with E-state index in [1.54, 1.807) is 0 Å². The summed E-state index contributed by atoms with van der Waals surface area (Å²) in [6, 6.07) is 2.26. The highest BCUT2D eigenvalue weighted by molar-refractivity contribution is 5.09. The van der Waals surface area contributed by atoms with Crippen LogP contribution in [0.1, 0.15) is 61.8 Å². The van der Waals surface area contributed by atoms with Gasteiger partial charge >= 0.3 is 0 Å². The number of hydrogen-bond acceptors (Lipinski definition) is 5. The zero-order valence-corrected chi connectivity index (χ0v) is 13.0. The van der Waals surface area contributed by atoms with E-state index in [1.807, 2.05) is 11.6 Å². The summed E-state index contributed by atoms with van der Waals surface area (Å²) in [5, 5.41) is 8.61. The molecule has 0 bridgehead atoms. The zero-order valence-electron chi connectivity index (χ0n) is 13.0. The summed E-state index contributed by atoms with van der Waals surface area (Å²) in [7, 11) is 0. The van der Waals surface area contributed by atoms with Crippen molar-refractivity contribution in [3.05, 3.63) is 29.2 Å². The van der Waals surface area contributed by atoms with E-state index >= 15 is 0 Å². The van der Waals surface area contributed by atoms with Crippen molar-refractivity contribution in [3.8, 4) is 0 Å². The summed E-state index contributed by atoms with van der Waals surface area (Å²) < 4.78 is 7.41. The largest absolute Gasteiger partial charge is 0.339 e. The number of hydrogen-bond donors (Lipinski definition) is 1. The summed E-state index contributed by atoms with van der Waals surface area (Å²) >= 11 is 0. The van der Waals surface area contributed by atoms with E-state index in [2.05, 4.69) is 35.2 Å². The lowest BCUT2D eigenvalue weighted by Crippen LogP contribution is -2.34. The quantitative estimate of drug-likeness (QED) is 0.934. The van der Waals surface area contributed by atoms with Gasteiger partial charge in [-0.05, 0) is 39.7 Å². The molecule has 0 aliphatic heterocycles. The van der Waals surface area contributed by atoms with Gasteiger partial charge in [0.15, 0.2) is 5.82 Å². The number of nitrogens with two attached hydrogens (primary N) is 1. The highest BCUT2D eigenvalue weighted by Crippen LogP contribution is 2.34. The average molecular weight is 289 g/mol. The predicted molar refractivity (Wildman–Crippen MR) is 78.7 cm³/mol. The second-order valence-electron chi connectivity index (χ2n) is 6.30. The molecule has 1 aliphatic rings. The third kappa shape index (κ3) is 2.72. The SMILES string of the molecule is Cc1cc(C)n(C(C)Cc2nc(C3(N)CCCC3)no2)n1. The van der Waals surface area contributed by atoms with Crippen LogP contribution >= 0.6 is 0 Å². The first-order valence-corrected chi connectivity index (χ1v) is 7.63. The Morgan fingerprint density at radius 3 is 2.71 bits per heavy atom. The van der Waals surface area contributed by atoms with Crippen LogP contribution in [-0.2, 0) is 12.0 Å². The number of aromatic nitrogens is 4. The first-order chi connectivity index (χ1) is 9.98. The van der Waals surface area contributed by atoms with Crippen molar-refractivity contribution in [2.75, 3.05) is 0 Å². The molecule has 0 saturated heterocycles. The summed E-state index contributed by atoms with van der Waals surface area (Å²) in [4.78, 5) is 4.52. The molecule has 2 aromatic rings. The van der Waals surface area contributed by atoms with Gasteiger partial charge in [-0.1, -0.05) is 18.0 Å². The van der Waals surface area contributed by atoms with Crippen molar-refractivity contribution in [1.82, 2.24) is 19.9 Å². The maximum atomic E-state index is 6.36. The Bertz CT molecular complexity index is 624. The molecule has 6 heteroatoms. The van der Waals surface area contributed by atoms with Crippen molar-refractivity contribution in [3.63, 3.8) is 0 Å². The van der Waals surface area contributed by atoms with Crippen LogP contribution in [-0.4, -0.2) is 19.9 Å². The molecule has 0 amide bonds. The maximum absolute atomic E-state index is 6.36. The van der Waals surface area contributed by atoms with Crippen molar-refractivity contribution in [2.24, 2.45) is 5.73 Å². The Balaban J connectivity index is 1.74.